The van der Waals surface area contributed by atoms with Crippen molar-refractivity contribution in [3.05, 3.63) is 18.2 Å². The molecule has 0 radical (unpaired) electrons. The number of hydrogen-bond donors (Lipinski definition) is 1. The molecule has 1 amide bonds. The number of rotatable bonds is 1. The first-order valence-corrected chi connectivity index (χ1v) is 8.94. The summed E-state index contributed by atoms with van der Waals surface area (Å²) >= 11 is 0. The maximum atomic E-state index is 12.5. The van der Waals surface area contributed by atoms with Gasteiger partial charge in [0.2, 0.25) is 5.91 Å². The number of hydrogen-bond acceptors (Lipinski definition) is 5. The van der Waals surface area contributed by atoms with Gasteiger partial charge in [0.1, 0.15) is 6.04 Å². The molecule has 6 nitrogen and oxygen atoms in total. The molecular formula is C18H26BN3O3. The average molecular weight is 343 g/mol. The van der Waals surface area contributed by atoms with Gasteiger partial charge in [-0.3, -0.25) is 4.79 Å². The van der Waals surface area contributed by atoms with Gasteiger partial charge in [-0.05, 0) is 52.3 Å². The van der Waals surface area contributed by atoms with Crippen LogP contribution in [0.25, 0.3) is 0 Å². The zero-order valence-electron chi connectivity index (χ0n) is 15.6. The number of nitrogens with one attached hydrogen (secondary N) is 1. The van der Waals surface area contributed by atoms with E-state index in [2.05, 4.69) is 28.2 Å². The summed E-state index contributed by atoms with van der Waals surface area (Å²) in [6.07, 6.45) is 0. The van der Waals surface area contributed by atoms with Gasteiger partial charge in [-0.15, -0.1) is 0 Å². The van der Waals surface area contributed by atoms with Gasteiger partial charge in [-0.1, -0.05) is 6.07 Å². The van der Waals surface area contributed by atoms with Crippen LogP contribution in [0.5, 0.6) is 0 Å². The molecule has 1 atom stereocenters. The van der Waals surface area contributed by atoms with Crippen LogP contribution >= 0.6 is 0 Å². The largest absolute Gasteiger partial charge is 0.494 e. The van der Waals surface area contributed by atoms with E-state index in [0.717, 1.165) is 36.5 Å². The van der Waals surface area contributed by atoms with Crippen molar-refractivity contribution >= 4 is 29.9 Å². The molecule has 1 unspecified atom stereocenters. The summed E-state index contributed by atoms with van der Waals surface area (Å²) in [7, 11) is 1.64. The van der Waals surface area contributed by atoms with E-state index < -0.39 is 7.12 Å². The van der Waals surface area contributed by atoms with Gasteiger partial charge in [0.15, 0.2) is 0 Å². The monoisotopic (exact) mass is 343 g/mol. The van der Waals surface area contributed by atoms with Crippen LogP contribution in [0.3, 0.4) is 0 Å². The second kappa shape index (κ2) is 5.46. The normalized spacial score (nSPS) is 27.7. The summed E-state index contributed by atoms with van der Waals surface area (Å²) in [6, 6.07) is 6.00. The summed E-state index contributed by atoms with van der Waals surface area (Å²) in [6.45, 7) is 10.7. The summed E-state index contributed by atoms with van der Waals surface area (Å²) < 4.78 is 12.3. The van der Waals surface area contributed by atoms with Crippen molar-refractivity contribution in [1.29, 1.82) is 0 Å². The summed E-state index contributed by atoms with van der Waals surface area (Å²) in [5, 5.41) is 3.07. The molecule has 25 heavy (non-hydrogen) atoms. The Morgan fingerprint density at radius 1 is 1.16 bits per heavy atom. The number of benzene rings is 1. The van der Waals surface area contributed by atoms with Crippen molar-refractivity contribution in [2.45, 2.75) is 44.9 Å². The van der Waals surface area contributed by atoms with E-state index in [9.17, 15) is 4.79 Å². The van der Waals surface area contributed by atoms with Crippen LogP contribution in [0.1, 0.15) is 27.7 Å². The van der Waals surface area contributed by atoms with Crippen molar-refractivity contribution in [2.75, 3.05) is 36.9 Å². The lowest BCUT2D eigenvalue weighted by atomic mass is 9.78. The minimum atomic E-state index is -0.419. The van der Waals surface area contributed by atoms with Crippen LogP contribution in [0, 0.1) is 0 Å². The number of piperazine rings is 1. The van der Waals surface area contributed by atoms with Crippen molar-refractivity contribution in [2.24, 2.45) is 0 Å². The Bertz CT molecular complexity index is 706. The maximum Gasteiger partial charge on any atom is 0.494 e. The van der Waals surface area contributed by atoms with Crippen molar-refractivity contribution < 1.29 is 14.1 Å². The Hall–Kier alpha value is -1.57. The third-order valence-corrected chi connectivity index (χ3v) is 6.00. The second-order valence-corrected chi connectivity index (χ2v) is 8.33. The Labute approximate surface area is 149 Å². The highest BCUT2D eigenvalue weighted by molar-refractivity contribution is 6.62. The Balaban J connectivity index is 1.64. The summed E-state index contributed by atoms with van der Waals surface area (Å²) in [5.74, 6) is 0.0603. The van der Waals surface area contributed by atoms with Crippen molar-refractivity contribution in [3.63, 3.8) is 0 Å². The fraction of sp³-hybridized carbons (Fsp3) is 0.611. The molecule has 3 aliphatic heterocycles. The Morgan fingerprint density at radius 3 is 2.52 bits per heavy atom. The number of nitrogens with zero attached hydrogens (tertiary/aromatic N) is 2. The zero-order chi connectivity index (χ0) is 18.0. The minimum absolute atomic E-state index is 0.0603. The van der Waals surface area contributed by atoms with Gasteiger partial charge in [-0.2, -0.15) is 0 Å². The summed E-state index contributed by atoms with van der Waals surface area (Å²) in [4.78, 5) is 16.9. The maximum absolute atomic E-state index is 12.5. The highest BCUT2D eigenvalue weighted by Crippen LogP contribution is 2.38. The van der Waals surface area contributed by atoms with Crippen LogP contribution in [-0.2, 0) is 14.1 Å². The zero-order valence-corrected chi connectivity index (χ0v) is 15.6. The van der Waals surface area contributed by atoms with Gasteiger partial charge >= 0.3 is 7.12 Å². The van der Waals surface area contributed by atoms with Crippen LogP contribution in [0.4, 0.5) is 11.4 Å². The molecule has 1 aromatic rings. The molecule has 4 rings (SSSR count). The fourth-order valence-electron chi connectivity index (χ4n) is 3.68. The molecule has 1 N–H and O–H groups in total. The smallest absolute Gasteiger partial charge is 0.399 e. The SMILES string of the molecule is CN1CCN2c3ccc(B4OC(C)(C)C(C)(C)O4)cc3NC(=O)C2C1. The molecule has 134 valence electrons. The third kappa shape index (κ3) is 2.65. The Morgan fingerprint density at radius 2 is 1.84 bits per heavy atom. The van der Waals surface area contributed by atoms with E-state index in [1.807, 2.05) is 39.8 Å². The van der Waals surface area contributed by atoms with Crippen LogP contribution in [0.15, 0.2) is 18.2 Å². The molecular weight excluding hydrogens is 317 g/mol. The first-order valence-electron chi connectivity index (χ1n) is 8.94. The van der Waals surface area contributed by atoms with E-state index in [0.29, 0.717) is 0 Å². The molecule has 0 spiro atoms. The van der Waals surface area contributed by atoms with E-state index in [-0.39, 0.29) is 23.2 Å². The van der Waals surface area contributed by atoms with Gasteiger partial charge in [0.05, 0.1) is 22.6 Å². The van der Waals surface area contributed by atoms with E-state index in [1.54, 1.807) is 0 Å². The van der Waals surface area contributed by atoms with Gasteiger partial charge in [-0.25, -0.2) is 0 Å². The summed E-state index contributed by atoms with van der Waals surface area (Å²) in [5.41, 5.74) is 2.11. The lowest BCUT2D eigenvalue weighted by molar-refractivity contribution is -0.118. The van der Waals surface area contributed by atoms with Crippen molar-refractivity contribution in [3.8, 4) is 0 Å². The number of likely N-dealkylation sites (N-methyl/N-ethyl adjacent to an activating group) is 1. The second-order valence-electron chi connectivity index (χ2n) is 8.33. The minimum Gasteiger partial charge on any atom is -0.399 e. The molecule has 2 saturated heterocycles. The topological polar surface area (TPSA) is 54.0 Å². The highest BCUT2D eigenvalue weighted by Gasteiger charge is 2.52. The quantitative estimate of drug-likeness (QED) is 0.773. The van der Waals surface area contributed by atoms with E-state index >= 15 is 0 Å². The molecule has 3 heterocycles. The van der Waals surface area contributed by atoms with Gasteiger partial charge in [0.25, 0.3) is 0 Å². The number of carbonyl (C=O) groups excluding carboxylic acids is 1. The van der Waals surface area contributed by atoms with Crippen LogP contribution in [0.2, 0.25) is 0 Å². The molecule has 1 aromatic carbocycles. The molecule has 0 saturated carbocycles. The molecule has 2 fully saturated rings. The Kier molecular flexibility index (Phi) is 3.69. The number of fused-ring (bicyclic) bond motifs is 3. The number of anilines is 2. The highest BCUT2D eigenvalue weighted by atomic mass is 16.7. The molecule has 7 heteroatoms. The molecule has 0 aromatic heterocycles. The average Bonchev–Trinajstić information content (AvgIpc) is 2.75. The molecule has 0 bridgehead atoms. The van der Waals surface area contributed by atoms with E-state index in [4.69, 9.17) is 9.31 Å². The predicted molar refractivity (Wildman–Crippen MR) is 99.4 cm³/mol. The first-order chi connectivity index (χ1) is 11.7. The number of amides is 1. The molecule has 0 aliphatic carbocycles. The van der Waals surface area contributed by atoms with Gasteiger partial charge < -0.3 is 24.4 Å². The molecule has 3 aliphatic rings. The van der Waals surface area contributed by atoms with Crippen LogP contribution < -0.4 is 15.7 Å². The van der Waals surface area contributed by atoms with E-state index in [1.165, 1.54) is 0 Å². The number of carbonyl (C=O) groups is 1. The lowest BCUT2D eigenvalue weighted by Crippen LogP contribution is -2.59. The van der Waals surface area contributed by atoms with Gasteiger partial charge in [0, 0.05) is 19.6 Å². The van der Waals surface area contributed by atoms with Crippen molar-refractivity contribution in [1.82, 2.24) is 4.90 Å². The lowest BCUT2D eigenvalue weighted by Gasteiger charge is -2.44. The fourth-order valence-corrected chi connectivity index (χ4v) is 3.68. The third-order valence-electron chi connectivity index (χ3n) is 6.00. The standard InChI is InChI=1S/C18H26BN3O3/c1-17(2)18(3,4)25-19(24-17)12-6-7-14-13(10-12)20-16(23)15-11-21(5)8-9-22(14)15/h6-7,10,15H,8-9,11H2,1-5H3,(H,20,23). The van der Waals surface area contributed by atoms with Crippen LogP contribution in [-0.4, -0.2) is 61.9 Å². The first kappa shape index (κ1) is 16.9. The predicted octanol–water partition coefficient (Wildman–Crippen LogP) is 1.06.